The van der Waals surface area contributed by atoms with E-state index in [0.717, 1.165) is 26.2 Å². The lowest BCUT2D eigenvalue weighted by molar-refractivity contribution is 0.156. The standard InChI is InChI=1S/C12H20N2OS/c1-9-10(5-12(6-13)16-9)7-14(2)11-3-4-15-8-11/h5,11H,3-4,6-8,13H2,1-2H3. The second-order valence-electron chi connectivity index (χ2n) is 4.43. The Morgan fingerprint density at radius 1 is 1.62 bits per heavy atom. The molecule has 0 bridgehead atoms. The smallest absolute Gasteiger partial charge is 0.0622 e. The molecule has 1 aliphatic rings. The highest BCUT2D eigenvalue weighted by Crippen LogP contribution is 2.23. The van der Waals surface area contributed by atoms with Gasteiger partial charge in [-0.3, -0.25) is 4.90 Å². The Kier molecular flexibility index (Phi) is 3.97. The lowest BCUT2D eigenvalue weighted by atomic mass is 10.2. The summed E-state index contributed by atoms with van der Waals surface area (Å²) in [5.41, 5.74) is 7.08. The molecule has 1 aromatic rings. The number of hydrogen-bond donors (Lipinski definition) is 1. The maximum atomic E-state index is 5.66. The summed E-state index contributed by atoms with van der Waals surface area (Å²) < 4.78 is 5.41. The van der Waals surface area contributed by atoms with Crippen molar-refractivity contribution in [1.82, 2.24) is 4.90 Å². The number of aryl methyl sites for hydroxylation is 1. The van der Waals surface area contributed by atoms with Gasteiger partial charge in [-0.05, 0) is 32.0 Å². The summed E-state index contributed by atoms with van der Waals surface area (Å²) in [6, 6.07) is 2.83. The molecule has 0 saturated carbocycles. The minimum Gasteiger partial charge on any atom is -0.380 e. The molecule has 2 N–H and O–H groups in total. The molecule has 16 heavy (non-hydrogen) atoms. The number of hydrogen-bond acceptors (Lipinski definition) is 4. The molecule has 1 unspecified atom stereocenters. The molecule has 0 spiro atoms. The van der Waals surface area contributed by atoms with E-state index in [2.05, 4.69) is 24.9 Å². The van der Waals surface area contributed by atoms with E-state index >= 15 is 0 Å². The predicted octanol–water partition coefficient (Wildman–Crippen LogP) is 1.74. The largest absolute Gasteiger partial charge is 0.380 e. The average Bonchev–Trinajstić information content (AvgIpc) is 2.88. The van der Waals surface area contributed by atoms with Gasteiger partial charge in [0.15, 0.2) is 0 Å². The maximum Gasteiger partial charge on any atom is 0.0622 e. The van der Waals surface area contributed by atoms with Crippen LogP contribution in [0.25, 0.3) is 0 Å². The Morgan fingerprint density at radius 3 is 3.00 bits per heavy atom. The van der Waals surface area contributed by atoms with Crippen LogP contribution in [0.15, 0.2) is 6.07 Å². The molecule has 1 aliphatic heterocycles. The predicted molar refractivity (Wildman–Crippen MR) is 67.6 cm³/mol. The van der Waals surface area contributed by atoms with Crippen molar-refractivity contribution in [2.24, 2.45) is 5.73 Å². The first kappa shape index (κ1) is 12.0. The number of nitrogens with zero attached hydrogens (tertiary/aromatic N) is 1. The number of ether oxygens (including phenoxy) is 1. The highest BCUT2D eigenvalue weighted by molar-refractivity contribution is 7.12. The van der Waals surface area contributed by atoms with E-state index in [4.69, 9.17) is 10.5 Å². The Labute approximate surface area is 101 Å². The van der Waals surface area contributed by atoms with E-state index in [-0.39, 0.29) is 0 Å². The zero-order valence-electron chi connectivity index (χ0n) is 10.0. The fraction of sp³-hybridized carbons (Fsp3) is 0.667. The van der Waals surface area contributed by atoms with Crippen molar-refractivity contribution in [2.45, 2.75) is 32.5 Å². The highest BCUT2D eigenvalue weighted by atomic mass is 32.1. The molecular formula is C12H20N2OS. The van der Waals surface area contributed by atoms with Crippen molar-refractivity contribution in [2.75, 3.05) is 20.3 Å². The molecule has 0 aromatic carbocycles. The summed E-state index contributed by atoms with van der Waals surface area (Å²) in [5, 5.41) is 0. The van der Waals surface area contributed by atoms with E-state index < -0.39 is 0 Å². The molecular weight excluding hydrogens is 220 g/mol. The number of thiophene rings is 1. The van der Waals surface area contributed by atoms with Crippen molar-refractivity contribution in [1.29, 1.82) is 0 Å². The molecule has 0 radical (unpaired) electrons. The van der Waals surface area contributed by atoms with E-state index in [1.807, 2.05) is 11.3 Å². The molecule has 1 atom stereocenters. The zero-order chi connectivity index (χ0) is 11.5. The van der Waals surface area contributed by atoms with Crippen molar-refractivity contribution in [3.05, 3.63) is 21.4 Å². The van der Waals surface area contributed by atoms with E-state index in [1.165, 1.54) is 15.3 Å². The van der Waals surface area contributed by atoms with Crippen LogP contribution in [0.4, 0.5) is 0 Å². The Hall–Kier alpha value is -0.420. The van der Waals surface area contributed by atoms with Crippen LogP contribution in [0.3, 0.4) is 0 Å². The zero-order valence-corrected chi connectivity index (χ0v) is 10.8. The summed E-state index contributed by atoms with van der Waals surface area (Å²) in [6.07, 6.45) is 1.16. The first-order valence-corrected chi connectivity index (χ1v) is 6.58. The van der Waals surface area contributed by atoms with Crippen LogP contribution in [0.2, 0.25) is 0 Å². The molecule has 0 aliphatic carbocycles. The molecule has 4 heteroatoms. The summed E-state index contributed by atoms with van der Waals surface area (Å²) in [7, 11) is 2.18. The van der Waals surface area contributed by atoms with Gasteiger partial charge in [0.1, 0.15) is 0 Å². The van der Waals surface area contributed by atoms with Gasteiger partial charge in [0.05, 0.1) is 6.61 Å². The Bertz CT molecular complexity index is 345. The first-order chi connectivity index (χ1) is 7.70. The van der Waals surface area contributed by atoms with Crippen molar-refractivity contribution in [3.63, 3.8) is 0 Å². The average molecular weight is 240 g/mol. The first-order valence-electron chi connectivity index (χ1n) is 5.77. The summed E-state index contributed by atoms with van der Waals surface area (Å²) in [6.45, 7) is 5.63. The van der Waals surface area contributed by atoms with Crippen molar-refractivity contribution in [3.8, 4) is 0 Å². The van der Waals surface area contributed by atoms with Gasteiger partial charge in [-0.25, -0.2) is 0 Å². The second kappa shape index (κ2) is 5.27. The lowest BCUT2D eigenvalue weighted by Gasteiger charge is -2.22. The number of rotatable bonds is 4. The van der Waals surface area contributed by atoms with Gasteiger partial charge < -0.3 is 10.5 Å². The molecule has 2 heterocycles. The van der Waals surface area contributed by atoms with Gasteiger partial charge in [-0.15, -0.1) is 11.3 Å². The second-order valence-corrected chi connectivity index (χ2v) is 5.77. The van der Waals surface area contributed by atoms with E-state index in [0.29, 0.717) is 12.6 Å². The molecule has 1 fully saturated rings. The van der Waals surface area contributed by atoms with Gasteiger partial charge in [0.25, 0.3) is 0 Å². The van der Waals surface area contributed by atoms with Crippen LogP contribution in [0.5, 0.6) is 0 Å². The lowest BCUT2D eigenvalue weighted by Crippen LogP contribution is -2.31. The summed E-state index contributed by atoms with van der Waals surface area (Å²) in [5.74, 6) is 0. The van der Waals surface area contributed by atoms with E-state index in [1.54, 1.807) is 0 Å². The van der Waals surface area contributed by atoms with Crippen LogP contribution in [-0.2, 0) is 17.8 Å². The third-order valence-corrected chi connectivity index (χ3v) is 4.34. The molecule has 1 aromatic heterocycles. The van der Waals surface area contributed by atoms with Gasteiger partial charge in [0.2, 0.25) is 0 Å². The molecule has 1 saturated heterocycles. The normalized spacial score (nSPS) is 20.9. The van der Waals surface area contributed by atoms with Gasteiger partial charge >= 0.3 is 0 Å². The fourth-order valence-electron chi connectivity index (χ4n) is 2.11. The van der Waals surface area contributed by atoms with Gasteiger partial charge in [-0.1, -0.05) is 0 Å². The van der Waals surface area contributed by atoms with Crippen molar-refractivity contribution >= 4 is 11.3 Å². The number of likely N-dealkylation sites (N-methyl/N-ethyl adjacent to an activating group) is 1. The topological polar surface area (TPSA) is 38.5 Å². The quantitative estimate of drug-likeness (QED) is 0.871. The molecule has 2 rings (SSSR count). The molecule has 3 nitrogen and oxygen atoms in total. The van der Waals surface area contributed by atoms with Gasteiger partial charge in [0, 0.05) is 35.5 Å². The van der Waals surface area contributed by atoms with Crippen LogP contribution >= 0.6 is 11.3 Å². The minimum atomic E-state index is 0.584. The van der Waals surface area contributed by atoms with Crippen LogP contribution < -0.4 is 5.73 Å². The number of nitrogens with two attached hydrogens (primary N) is 1. The highest BCUT2D eigenvalue weighted by Gasteiger charge is 2.21. The van der Waals surface area contributed by atoms with Crippen LogP contribution in [0, 0.1) is 6.92 Å². The fourth-order valence-corrected chi connectivity index (χ4v) is 3.05. The maximum absolute atomic E-state index is 5.66. The SMILES string of the molecule is Cc1sc(CN)cc1CN(C)C1CCOC1. The Morgan fingerprint density at radius 2 is 2.44 bits per heavy atom. The van der Waals surface area contributed by atoms with Crippen LogP contribution in [-0.4, -0.2) is 31.2 Å². The van der Waals surface area contributed by atoms with Gasteiger partial charge in [-0.2, -0.15) is 0 Å². The summed E-state index contributed by atoms with van der Waals surface area (Å²) in [4.78, 5) is 5.07. The monoisotopic (exact) mass is 240 g/mol. The minimum absolute atomic E-state index is 0.584. The van der Waals surface area contributed by atoms with Crippen molar-refractivity contribution < 1.29 is 4.74 Å². The molecule has 90 valence electrons. The third-order valence-electron chi connectivity index (χ3n) is 3.22. The van der Waals surface area contributed by atoms with E-state index in [9.17, 15) is 0 Å². The third kappa shape index (κ3) is 2.63. The Balaban J connectivity index is 1.99. The van der Waals surface area contributed by atoms with Crippen LogP contribution in [0.1, 0.15) is 21.7 Å². The summed E-state index contributed by atoms with van der Waals surface area (Å²) >= 11 is 1.82. The molecule has 0 amide bonds.